The lowest BCUT2D eigenvalue weighted by molar-refractivity contribution is 0.111. The van der Waals surface area contributed by atoms with Gasteiger partial charge in [-0.25, -0.2) is 0 Å². The van der Waals surface area contributed by atoms with E-state index in [0.717, 1.165) is 24.6 Å². The van der Waals surface area contributed by atoms with Crippen molar-refractivity contribution in [2.45, 2.75) is 13.3 Å². The van der Waals surface area contributed by atoms with Gasteiger partial charge in [-0.3, -0.25) is 9.59 Å². The first-order chi connectivity index (χ1) is 12.7. The quantitative estimate of drug-likeness (QED) is 0.533. The topological polar surface area (TPSA) is 52.6 Å². The standard InChI is InChI=1S/C22H18O4/c1-2-18-7-12-21(25-19-8-3-16(14-23)4-9-19)13-22(18)26-20-10-5-17(15-24)6-11-20/h3-15H,2H2,1H3. The van der Waals surface area contributed by atoms with Crippen LogP contribution in [0, 0.1) is 0 Å². The molecule has 0 atom stereocenters. The number of carbonyl (C=O) groups excluding carboxylic acids is 2. The maximum Gasteiger partial charge on any atom is 0.150 e. The van der Waals surface area contributed by atoms with Gasteiger partial charge in [0.1, 0.15) is 35.6 Å². The lowest BCUT2D eigenvalue weighted by atomic mass is 10.1. The molecule has 0 bridgehead atoms. The van der Waals surface area contributed by atoms with Gasteiger partial charge in [0.2, 0.25) is 0 Å². The first-order valence-corrected chi connectivity index (χ1v) is 8.31. The van der Waals surface area contributed by atoms with Crippen molar-refractivity contribution >= 4 is 12.6 Å². The highest BCUT2D eigenvalue weighted by Crippen LogP contribution is 2.32. The molecule has 0 amide bonds. The summed E-state index contributed by atoms with van der Waals surface area (Å²) in [7, 11) is 0. The molecule has 3 aromatic rings. The van der Waals surface area contributed by atoms with Gasteiger partial charge in [0.05, 0.1) is 0 Å². The summed E-state index contributed by atoms with van der Waals surface area (Å²) in [5.74, 6) is 2.63. The molecule has 26 heavy (non-hydrogen) atoms. The second kappa shape index (κ2) is 8.12. The fraction of sp³-hybridized carbons (Fsp3) is 0.0909. The maximum atomic E-state index is 10.8. The summed E-state index contributed by atoms with van der Waals surface area (Å²) in [6.45, 7) is 2.05. The monoisotopic (exact) mass is 346 g/mol. The fourth-order valence-corrected chi connectivity index (χ4v) is 2.48. The van der Waals surface area contributed by atoms with Gasteiger partial charge in [0, 0.05) is 17.2 Å². The zero-order valence-corrected chi connectivity index (χ0v) is 14.3. The molecule has 4 heteroatoms. The van der Waals surface area contributed by atoms with Crippen molar-refractivity contribution in [3.05, 3.63) is 83.4 Å². The molecule has 0 aliphatic heterocycles. The van der Waals surface area contributed by atoms with Crippen molar-refractivity contribution in [3.63, 3.8) is 0 Å². The van der Waals surface area contributed by atoms with Gasteiger partial charge >= 0.3 is 0 Å². The van der Waals surface area contributed by atoms with Crippen LogP contribution in [0.15, 0.2) is 66.7 Å². The molecule has 0 aromatic heterocycles. The molecule has 0 saturated carbocycles. The van der Waals surface area contributed by atoms with Crippen LogP contribution in [0.1, 0.15) is 33.2 Å². The number of aryl methyl sites for hydroxylation is 1. The third-order valence-electron chi connectivity index (χ3n) is 3.92. The summed E-state index contributed by atoms with van der Waals surface area (Å²) >= 11 is 0. The molecule has 4 nitrogen and oxygen atoms in total. The first-order valence-electron chi connectivity index (χ1n) is 8.31. The highest BCUT2D eigenvalue weighted by atomic mass is 16.5. The molecule has 0 heterocycles. The molecule has 0 spiro atoms. The second-order valence-electron chi connectivity index (χ2n) is 5.70. The van der Waals surface area contributed by atoms with Crippen molar-refractivity contribution in [1.29, 1.82) is 0 Å². The smallest absolute Gasteiger partial charge is 0.150 e. The Labute approximate surface area is 152 Å². The number of carbonyl (C=O) groups is 2. The van der Waals surface area contributed by atoms with Crippen LogP contribution in [0.2, 0.25) is 0 Å². The highest BCUT2D eigenvalue weighted by molar-refractivity contribution is 5.75. The summed E-state index contributed by atoms with van der Waals surface area (Å²) in [5.41, 5.74) is 2.25. The minimum Gasteiger partial charge on any atom is -0.457 e. The van der Waals surface area contributed by atoms with E-state index >= 15 is 0 Å². The number of hydrogen-bond acceptors (Lipinski definition) is 4. The Morgan fingerprint density at radius 3 is 1.69 bits per heavy atom. The zero-order chi connectivity index (χ0) is 18.4. The molecule has 0 aliphatic rings. The van der Waals surface area contributed by atoms with Crippen molar-refractivity contribution < 1.29 is 19.1 Å². The Balaban J connectivity index is 1.82. The molecule has 0 radical (unpaired) electrons. The van der Waals surface area contributed by atoms with Gasteiger partial charge < -0.3 is 9.47 Å². The third-order valence-corrected chi connectivity index (χ3v) is 3.92. The highest BCUT2D eigenvalue weighted by Gasteiger charge is 2.07. The van der Waals surface area contributed by atoms with E-state index in [4.69, 9.17) is 9.47 Å². The minimum absolute atomic E-state index is 0.599. The molecule has 0 saturated heterocycles. The molecule has 0 unspecified atom stereocenters. The number of benzene rings is 3. The van der Waals surface area contributed by atoms with Crippen LogP contribution in [0.3, 0.4) is 0 Å². The van der Waals surface area contributed by atoms with Gasteiger partial charge in [0.15, 0.2) is 0 Å². The Morgan fingerprint density at radius 1 is 0.692 bits per heavy atom. The van der Waals surface area contributed by atoms with E-state index in [9.17, 15) is 9.59 Å². The van der Waals surface area contributed by atoms with Gasteiger partial charge in [-0.15, -0.1) is 0 Å². The average Bonchev–Trinajstić information content (AvgIpc) is 2.69. The van der Waals surface area contributed by atoms with E-state index in [-0.39, 0.29) is 0 Å². The first kappa shape index (κ1) is 17.4. The van der Waals surface area contributed by atoms with Crippen LogP contribution in [0.5, 0.6) is 23.0 Å². The molecule has 0 aliphatic carbocycles. The summed E-state index contributed by atoms with van der Waals surface area (Å²) < 4.78 is 11.8. The van der Waals surface area contributed by atoms with Crippen LogP contribution in [0.25, 0.3) is 0 Å². The van der Waals surface area contributed by atoms with Crippen LogP contribution in [0.4, 0.5) is 0 Å². The van der Waals surface area contributed by atoms with Gasteiger partial charge in [-0.05, 0) is 66.6 Å². The SMILES string of the molecule is CCc1ccc(Oc2ccc(C=O)cc2)cc1Oc1ccc(C=O)cc1. The fourth-order valence-electron chi connectivity index (χ4n) is 2.48. The van der Waals surface area contributed by atoms with Crippen molar-refractivity contribution in [3.8, 4) is 23.0 Å². The second-order valence-corrected chi connectivity index (χ2v) is 5.70. The number of hydrogen-bond donors (Lipinski definition) is 0. The molecule has 3 rings (SSSR count). The average molecular weight is 346 g/mol. The zero-order valence-electron chi connectivity index (χ0n) is 14.3. The van der Waals surface area contributed by atoms with Crippen molar-refractivity contribution in [1.82, 2.24) is 0 Å². The van der Waals surface area contributed by atoms with E-state index in [2.05, 4.69) is 6.92 Å². The largest absolute Gasteiger partial charge is 0.457 e. The summed E-state index contributed by atoms with van der Waals surface area (Å²) in [6, 6.07) is 19.5. The third kappa shape index (κ3) is 4.16. The molecule has 130 valence electrons. The van der Waals surface area contributed by atoms with E-state index in [1.807, 2.05) is 18.2 Å². The van der Waals surface area contributed by atoms with Crippen LogP contribution in [-0.4, -0.2) is 12.6 Å². The normalized spacial score (nSPS) is 10.2. The Hall–Kier alpha value is -3.40. The molecule has 0 fully saturated rings. The van der Waals surface area contributed by atoms with Crippen LogP contribution in [-0.2, 0) is 6.42 Å². The summed E-state index contributed by atoms with van der Waals surface area (Å²) in [6.07, 6.45) is 2.41. The van der Waals surface area contributed by atoms with E-state index in [1.165, 1.54) is 0 Å². The van der Waals surface area contributed by atoms with Gasteiger partial charge in [-0.2, -0.15) is 0 Å². The lowest BCUT2D eigenvalue weighted by Gasteiger charge is -2.13. The Morgan fingerprint density at radius 2 is 1.19 bits per heavy atom. The van der Waals surface area contributed by atoms with Crippen LogP contribution < -0.4 is 9.47 Å². The van der Waals surface area contributed by atoms with E-state index < -0.39 is 0 Å². The number of aldehydes is 2. The van der Waals surface area contributed by atoms with Gasteiger partial charge in [0.25, 0.3) is 0 Å². The van der Waals surface area contributed by atoms with Crippen LogP contribution >= 0.6 is 0 Å². The number of ether oxygens (including phenoxy) is 2. The predicted molar refractivity (Wildman–Crippen MR) is 99.6 cm³/mol. The van der Waals surface area contributed by atoms with E-state index in [1.54, 1.807) is 48.5 Å². The molecular weight excluding hydrogens is 328 g/mol. The van der Waals surface area contributed by atoms with Gasteiger partial charge in [-0.1, -0.05) is 13.0 Å². The van der Waals surface area contributed by atoms with Crippen molar-refractivity contribution in [2.24, 2.45) is 0 Å². The van der Waals surface area contributed by atoms with Crippen molar-refractivity contribution in [2.75, 3.05) is 0 Å². The lowest BCUT2D eigenvalue weighted by Crippen LogP contribution is -1.93. The summed E-state index contributed by atoms with van der Waals surface area (Å²) in [5, 5.41) is 0. The Kier molecular flexibility index (Phi) is 5.44. The van der Waals surface area contributed by atoms with E-state index in [0.29, 0.717) is 34.1 Å². The minimum atomic E-state index is 0.599. The molecular formula is C22H18O4. The molecule has 3 aromatic carbocycles. The predicted octanol–water partition coefficient (Wildman–Crippen LogP) is 5.46. The Bertz CT molecular complexity index is 896. The maximum absolute atomic E-state index is 10.8. The summed E-state index contributed by atoms with van der Waals surface area (Å²) in [4.78, 5) is 21.5. The number of rotatable bonds is 7. The molecule has 0 N–H and O–H groups in total.